The third-order valence-corrected chi connectivity index (χ3v) is 4.11. The van der Waals surface area contributed by atoms with Crippen LogP contribution in [0.25, 0.3) is 0 Å². The van der Waals surface area contributed by atoms with E-state index in [1.807, 2.05) is 17.5 Å². The summed E-state index contributed by atoms with van der Waals surface area (Å²) >= 11 is 2.99. The fraction of sp³-hybridized carbons (Fsp3) is 0.167. The van der Waals surface area contributed by atoms with E-state index in [1.165, 1.54) is 23.1 Å². The van der Waals surface area contributed by atoms with Gasteiger partial charge < -0.3 is 4.74 Å². The largest absolute Gasteiger partial charge is 0.496 e. The minimum Gasteiger partial charge on any atom is -0.496 e. The lowest BCUT2D eigenvalue weighted by Gasteiger charge is -2.06. The molecule has 3 nitrogen and oxygen atoms in total. The van der Waals surface area contributed by atoms with E-state index in [9.17, 15) is 4.79 Å². The standard InChI is InChI=1S/C12H11NO2S2/c1-15-11-5-3-2-4-9(11)10(14)8-17-12-13-6-7-16-12/h2-7H,8H2,1H3. The van der Waals surface area contributed by atoms with E-state index >= 15 is 0 Å². The molecule has 0 fully saturated rings. The monoisotopic (exact) mass is 265 g/mol. The molecule has 0 bridgehead atoms. The van der Waals surface area contributed by atoms with Crippen LogP contribution in [0.15, 0.2) is 40.2 Å². The van der Waals surface area contributed by atoms with Crippen LogP contribution < -0.4 is 4.74 Å². The van der Waals surface area contributed by atoms with E-state index in [2.05, 4.69) is 4.98 Å². The molecule has 0 radical (unpaired) electrons. The number of ether oxygens (including phenoxy) is 1. The van der Waals surface area contributed by atoms with E-state index in [0.29, 0.717) is 17.1 Å². The summed E-state index contributed by atoms with van der Waals surface area (Å²) in [6.07, 6.45) is 1.74. The average molecular weight is 265 g/mol. The van der Waals surface area contributed by atoms with Crippen molar-refractivity contribution in [2.24, 2.45) is 0 Å². The molecule has 1 heterocycles. The summed E-state index contributed by atoms with van der Waals surface area (Å²) in [7, 11) is 1.57. The molecule has 0 aliphatic carbocycles. The Morgan fingerprint density at radius 2 is 2.29 bits per heavy atom. The maximum atomic E-state index is 12.0. The van der Waals surface area contributed by atoms with Crippen LogP contribution in [0, 0.1) is 0 Å². The van der Waals surface area contributed by atoms with E-state index in [0.717, 1.165) is 4.34 Å². The smallest absolute Gasteiger partial charge is 0.176 e. The Labute approximate surface area is 108 Å². The van der Waals surface area contributed by atoms with Gasteiger partial charge in [-0.15, -0.1) is 11.3 Å². The van der Waals surface area contributed by atoms with Gasteiger partial charge in [-0.2, -0.15) is 0 Å². The van der Waals surface area contributed by atoms with Crippen molar-refractivity contribution >= 4 is 28.9 Å². The van der Waals surface area contributed by atoms with Gasteiger partial charge in [0.05, 0.1) is 18.4 Å². The molecule has 0 atom stereocenters. The first-order valence-electron chi connectivity index (χ1n) is 5.00. The van der Waals surface area contributed by atoms with Crippen LogP contribution in [0.1, 0.15) is 10.4 Å². The molecule has 0 saturated carbocycles. The number of thioether (sulfide) groups is 1. The zero-order valence-corrected chi connectivity index (χ0v) is 10.9. The van der Waals surface area contributed by atoms with Gasteiger partial charge in [-0.1, -0.05) is 23.9 Å². The number of hydrogen-bond donors (Lipinski definition) is 0. The van der Waals surface area contributed by atoms with Gasteiger partial charge in [-0.25, -0.2) is 4.98 Å². The second kappa shape index (κ2) is 5.84. The highest BCUT2D eigenvalue weighted by molar-refractivity contribution is 8.01. The summed E-state index contributed by atoms with van der Waals surface area (Å²) in [6.45, 7) is 0. The molecule has 0 N–H and O–H groups in total. The minimum atomic E-state index is 0.0580. The summed E-state index contributed by atoms with van der Waals surface area (Å²) in [6, 6.07) is 7.26. The molecule has 0 saturated heterocycles. The van der Waals surface area contributed by atoms with Crippen molar-refractivity contribution in [3.05, 3.63) is 41.4 Å². The first-order valence-corrected chi connectivity index (χ1v) is 6.86. The number of carbonyl (C=O) groups excluding carboxylic acids is 1. The summed E-state index contributed by atoms with van der Waals surface area (Å²) < 4.78 is 6.07. The first kappa shape index (κ1) is 12.1. The topological polar surface area (TPSA) is 39.2 Å². The van der Waals surface area contributed by atoms with Crippen molar-refractivity contribution in [3.63, 3.8) is 0 Å². The number of nitrogens with zero attached hydrogens (tertiary/aromatic N) is 1. The van der Waals surface area contributed by atoms with Crippen LogP contribution in [0.4, 0.5) is 0 Å². The molecule has 2 rings (SSSR count). The average Bonchev–Trinajstić information content (AvgIpc) is 2.89. The van der Waals surface area contributed by atoms with Gasteiger partial charge in [-0.05, 0) is 12.1 Å². The first-order chi connectivity index (χ1) is 8.31. The maximum absolute atomic E-state index is 12.0. The normalized spacial score (nSPS) is 10.2. The molecule has 0 aliphatic rings. The SMILES string of the molecule is COc1ccccc1C(=O)CSc1nccs1. The Bertz CT molecular complexity index is 497. The van der Waals surface area contributed by atoms with E-state index in [-0.39, 0.29) is 5.78 Å². The van der Waals surface area contributed by atoms with Crippen LogP contribution in [0.5, 0.6) is 5.75 Å². The van der Waals surface area contributed by atoms with Crippen molar-refractivity contribution in [1.82, 2.24) is 4.98 Å². The van der Waals surface area contributed by atoms with Crippen LogP contribution in [0.3, 0.4) is 0 Å². The van der Waals surface area contributed by atoms with Crippen molar-refractivity contribution < 1.29 is 9.53 Å². The van der Waals surface area contributed by atoms with Crippen molar-refractivity contribution in [3.8, 4) is 5.75 Å². The summed E-state index contributed by atoms with van der Waals surface area (Å²) in [5.74, 6) is 1.06. The molecule has 0 spiro atoms. The van der Waals surface area contributed by atoms with Gasteiger partial charge >= 0.3 is 0 Å². The molecule has 88 valence electrons. The minimum absolute atomic E-state index is 0.0580. The quantitative estimate of drug-likeness (QED) is 0.615. The van der Waals surface area contributed by atoms with E-state index in [1.54, 1.807) is 25.4 Å². The third kappa shape index (κ3) is 3.08. The second-order valence-electron chi connectivity index (χ2n) is 3.21. The Morgan fingerprint density at radius 3 is 3.00 bits per heavy atom. The Morgan fingerprint density at radius 1 is 1.47 bits per heavy atom. The summed E-state index contributed by atoms with van der Waals surface area (Å²) in [5.41, 5.74) is 0.624. The molecule has 0 amide bonds. The number of carbonyl (C=O) groups is 1. The Kier molecular flexibility index (Phi) is 4.17. The zero-order valence-electron chi connectivity index (χ0n) is 9.25. The zero-order chi connectivity index (χ0) is 12.1. The second-order valence-corrected chi connectivity index (χ2v) is 5.33. The van der Waals surface area contributed by atoms with Crippen molar-refractivity contribution in [2.75, 3.05) is 12.9 Å². The van der Waals surface area contributed by atoms with Crippen LogP contribution in [-0.4, -0.2) is 23.6 Å². The Balaban J connectivity index is 2.04. The number of rotatable bonds is 5. The lowest BCUT2D eigenvalue weighted by molar-refractivity contribution is 0.101. The van der Waals surface area contributed by atoms with Gasteiger partial charge in [0.25, 0.3) is 0 Å². The number of para-hydroxylation sites is 1. The molecule has 1 aromatic carbocycles. The number of Topliss-reactive ketones (excluding diaryl/α,β-unsaturated/α-hetero) is 1. The molecule has 0 aliphatic heterocycles. The highest BCUT2D eigenvalue weighted by atomic mass is 32.2. The molecule has 5 heteroatoms. The van der Waals surface area contributed by atoms with Gasteiger partial charge in [0.15, 0.2) is 5.78 Å². The summed E-state index contributed by atoms with van der Waals surface area (Å²) in [5, 5.41) is 1.90. The fourth-order valence-corrected chi connectivity index (χ4v) is 2.88. The lowest BCUT2D eigenvalue weighted by atomic mass is 10.1. The number of hydrogen-bond acceptors (Lipinski definition) is 5. The molecular formula is C12H11NO2S2. The lowest BCUT2D eigenvalue weighted by Crippen LogP contribution is -2.04. The molecule has 0 unspecified atom stereocenters. The third-order valence-electron chi connectivity index (χ3n) is 2.14. The van der Waals surface area contributed by atoms with Crippen molar-refractivity contribution in [1.29, 1.82) is 0 Å². The van der Waals surface area contributed by atoms with Crippen molar-refractivity contribution in [2.45, 2.75) is 4.34 Å². The molecule has 2 aromatic rings. The van der Waals surface area contributed by atoms with E-state index in [4.69, 9.17) is 4.74 Å². The maximum Gasteiger partial charge on any atom is 0.176 e. The Hall–Kier alpha value is -1.33. The van der Waals surface area contributed by atoms with Gasteiger partial charge in [0.1, 0.15) is 10.1 Å². The predicted octanol–water partition coefficient (Wildman–Crippen LogP) is 3.13. The molecular weight excluding hydrogens is 254 g/mol. The van der Waals surface area contributed by atoms with Gasteiger partial charge in [0, 0.05) is 11.6 Å². The van der Waals surface area contributed by atoms with Gasteiger partial charge in [0.2, 0.25) is 0 Å². The number of thiazole rings is 1. The van der Waals surface area contributed by atoms with Crippen LogP contribution in [-0.2, 0) is 0 Å². The molecule has 1 aromatic heterocycles. The predicted molar refractivity (Wildman–Crippen MR) is 70.2 cm³/mol. The fourth-order valence-electron chi connectivity index (χ4n) is 1.36. The number of aromatic nitrogens is 1. The number of ketones is 1. The molecule has 17 heavy (non-hydrogen) atoms. The number of benzene rings is 1. The highest BCUT2D eigenvalue weighted by Gasteiger charge is 2.12. The highest BCUT2D eigenvalue weighted by Crippen LogP contribution is 2.24. The van der Waals surface area contributed by atoms with Crippen LogP contribution in [0.2, 0.25) is 0 Å². The van der Waals surface area contributed by atoms with E-state index < -0.39 is 0 Å². The van der Waals surface area contributed by atoms with Gasteiger partial charge in [-0.3, -0.25) is 4.79 Å². The summed E-state index contributed by atoms with van der Waals surface area (Å²) in [4.78, 5) is 16.1. The van der Waals surface area contributed by atoms with Crippen LogP contribution >= 0.6 is 23.1 Å². The number of methoxy groups -OCH3 is 1.